The van der Waals surface area contributed by atoms with Gasteiger partial charge < -0.3 is 25.4 Å². The van der Waals surface area contributed by atoms with E-state index in [2.05, 4.69) is 5.32 Å². The molecule has 0 amide bonds. The zero-order valence-corrected chi connectivity index (χ0v) is 7.62. The lowest BCUT2D eigenvalue weighted by atomic mass is 10.4. The van der Waals surface area contributed by atoms with Crippen LogP contribution in [0.2, 0.25) is 6.04 Å². The van der Waals surface area contributed by atoms with E-state index >= 15 is 0 Å². The monoisotopic (exact) mass is 180 g/mol. The summed E-state index contributed by atoms with van der Waals surface area (Å²) in [7, 11) is -3.83. The Kier molecular flexibility index (Phi) is 4.81. The van der Waals surface area contributed by atoms with E-state index in [-0.39, 0.29) is 12.1 Å². The van der Waals surface area contributed by atoms with E-state index in [9.17, 15) is 0 Å². The maximum Gasteiger partial charge on any atom is 0.494 e. The molecule has 5 nitrogen and oxygen atoms in total. The highest BCUT2D eigenvalue weighted by atomic mass is 28.4. The van der Waals surface area contributed by atoms with E-state index < -0.39 is 8.80 Å². The van der Waals surface area contributed by atoms with Crippen molar-refractivity contribution in [2.75, 3.05) is 13.1 Å². The van der Waals surface area contributed by atoms with Gasteiger partial charge in [-0.05, 0) is 13.5 Å². The molecule has 0 fully saturated rings. The fourth-order valence-corrected chi connectivity index (χ4v) is 1.10. The van der Waals surface area contributed by atoms with Gasteiger partial charge in [0.15, 0.2) is 0 Å². The van der Waals surface area contributed by atoms with Gasteiger partial charge in [0.25, 0.3) is 0 Å². The highest BCUT2D eigenvalue weighted by Crippen LogP contribution is 1.92. The lowest BCUT2D eigenvalue weighted by molar-refractivity contribution is 0.227. The standard InChI is InChI=1S/C5H16N2O3Si/c1-5(6)4-7-2-3-11(8,9)10/h5,7-10H,2-4,6H2,1H3. The van der Waals surface area contributed by atoms with Gasteiger partial charge in [-0.1, -0.05) is 0 Å². The van der Waals surface area contributed by atoms with Crippen LogP contribution in [0.3, 0.4) is 0 Å². The van der Waals surface area contributed by atoms with E-state index in [1.54, 1.807) is 0 Å². The Morgan fingerprint density at radius 3 is 2.36 bits per heavy atom. The predicted molar refractivity (Wildman–Crippen MR) is 43.7 cm³/mol. The molecule has 0 aliphatic carbocycles. The molecule has 0 aromatic carbocycles. The first kappa shape index (κ1) is 11.0. The molecular formula is C5H16N2O3Si. The maximum atomic E-state index is 8.56. The van der Waals surface area contributed by atoms with Crippen LogP contribution in [-0.4, -0.2) is 42.3 Å². The highest BCUT2D eigenvalue weighted by molar-refractivity contribution is 6.56. The minimum atomic E-state index is -3.83. The van der Waals surface area contributed by atoms with Gasteiger partial charge in [0.1, 0.15) is 0 Å². The molecule has 6 heteroatoms. The molecule has 0 aromatic rings. The normalized spacial score (nSPS) is 15.0. The van der Waals surface area contributed by atoms with E-state index in [4.69, 9.17) is 20.1 Å². The zero-order valence-electron chi connectivity index (χ0n) is 6.62. The van der Waals surface area contributed by atoms with Crippen LogP contribution < -0.4 is 11.1 Å². The Hall–Kier alpha value is 0.0169. The third kappa shape index (κ3) is 10.0. The molecule has 0 saturated carbocycles. The van der Waals surface area contributed by atoms with Crippen molar-refractivity contribution >= 4 is 8.80 Å². The third-order valence-electron chi connectivity index (χ3n) is 1.10. The molecule has 6 N–H and O–H groups in total. The van der Waals surface area contributed by atoms with E-state index in [1.165, 1.54) is 0 Å². The summed E-state index contributed by atoms with van der Waals surface area (Å²) in [6, 6.07) is 0.0573. The third-order valence-corrected chi connectivity index (χ3v) is 2.02. The number of nitrogens with two attached hydrogens (primary N) is 1. The molecule has 0 heterocycles. The predicted octanol–water partition coefficient (Wildman–Crippen LogP) is -2.16. The molecule has 0 radical (unpaired) electrons. The zero-order chi connectivity index (χ0) is 8.91. The Balaban J connectivity index is 3.15. The summed E-state index contributed by atoms with van der Waals surface area (Å²) in [4.78, 5) is 25.7. The van der Waals surface area contributed by atoms with Crippen LogP contribution in [0.25, 0.3) is 0 Å². The lowest BCUT2D eigenvalue weighted by Crippen LogP contribution is -2.40. The van der Waals surface area contributed by atoms with Crippen molar-refractivity contribution in [2.45, 2.75) is 19.0 Å². The molecule has 0 rings (SSSR count). The van der Waals surface area contributed by atoms with Crippen LogP contribution in [0.1, 0.15) is 6.92 Å². The second kappa shape index (κ2) is 4.81. The van der Waals surface area contributed by atoms with Crippen molar-refractivity contribution in [2.24, 2.45) is 5.73 Å². The quantitative estimate of drug-likeness (QED) is 0.245. The van der Waals surface area contributed by atoms with Crippen LogP contribution in [0.15, 0.2) is 0 Å². The van der Waals surface area contributed by atoms with Gasteiger partial charge in [-0.15, -0.1) is 0 Å². The molecular weight excluding hydrogens is 164 g/mol. The summed E-state index contributed by atoms with van der Waals surface area (Å²) in [6.07, 6.45) is 0. The Bertz CT molecular complexity index is 104. The second-order valence-corrected chi connectivity index (χ2v) is 4.75. The molecule has 0 aromatic heterocycles. The molecule has 0 aliphatic heterocycles. The van der Waals surface area contributed by atoms with Gasteiger partial charge >= 0.3 is 8.80 Å². The molecule has 11 heavy (non-hydrogen) atoms. The van der Waals surface area contributed by atoms with Gasteiger partial charge in [-0.2, -0.15) is 0 Å². The number of rotatable bonds is 5. The number of nitrogens with one attached hydrogen (secondary N) is 1. The fourth-order valence-electron chi connectivity index (χ4n) is 0.586. The van der Waals surface area contributed by atoms with Crippen LogP contribution in [-0.2, 0) is 0 Å². The topological polar surface area (TPSA) is 98.7 Å². The SMILES string of the molecule is CC(N)CNCC[Si](O)(O)O. The fraction of sp³-hybridized carbons (Fsp3) is 1.00. The smallest absolute Gasteiger partial charge is 0.390 e. The molecule has 0 bridgehead atoms. The Morgan fingerprint density at radius 1 is 1.45 bits per heavy atom. The van der Waals surface area contributed by atoms with Gasteiger partial charge in [0, 0.05) is 18.6 Å². The van der Waals surface area contributed by atoms with Crippen LogP contribution in [0.5, 0.6) is 0 Å². The minimum absolute atomic E-state index is 0.0136. The average molecular weight is 180 g/mol. The van der Waals surface area contributed by atoms with Crippen molar-refractivity contribution in [3.8, 4) is 0 Å². The molecule has 1 unspecified atom stereocenters. The van der Waals surface area contributed by atoms with Crippen molar-refractivity contribution in [1.29, 1.82) is 0 Å². The summed E-state index contributed by atoms with van der Waals surface area (Å²) in [5, 5.41) is 2.87. The first-order valence-electron chi connectivity index (χ1n) is 3.55. The lowest BCUT2D eigenvalue weighted by Gasteiger charge is -2.10. The van der Waals surface area contributed by atoms with Gasteiger partial charge in [0.05, 0.1) is 0 Å². The van der Waals surface area contributed by atoms with Crippen molar-refractivity contribution in [1.82, 2.24) is 5.32 Å². The first-order chi connectivity index (χ1) is 4.92. The molecule has 0 spiro atoms. The molecule has 68 valence electrons. The Labute approximate surface area is 67.2 Å². The minimum Gasteiger partial charge on any atom is -0.390 e. The average Bonchev–Trinajstić information content (AvgIpc) is 1.78. The summed E-state index contributed by atoms with van der Waals surface area (Å²) in [5.74, 6) is 0. The van der Waals surface area contributed by atoms with Crippen molar-refractivity contribution < 1.29 is 14.4 Å². The second-order valence-electron chi connectivity index (χ2n) is 2.71. The van der Waals surface area contributed by atoms with E-state index in [1.807, 2.05) is 6.92 Å². The van der Waals surface area contributed by atoms with Gasteiger partial charge in [0.2, 0.25) is 0 Å². The summed E-state index contributed by atoms with van der Waals surface area (Å²) in [6.45, 7) is 2.84. The molecule has 0 aliphatic rings. The summed E-state index contributed by atoms with van der Waals surface area (Å²) < 4.78 is 0. The summed E-state index contributed by atoms with van der Waals surface area (Å²) >= 11 is 0. The molecule has 1 atom stereocenters. The summed E-state index contributed by atoms with van der Waals surface area (Å²) in [5.41, 5.74) is 5.40. The van der Waals surface area contributed by atoms with E-state index in [0.717, 1.165) is 0 Å². The highest BCUT2D eigenvalue weighted by Gasteiger charge is 2.25. The van der Waals surface area contributed by atoms with E-state index in [0.29, 0.717) is 13.1 Å². The first-order valence-corrected chi connectivity index (χ1v) is 5.60. The number of hydrogen-bond donors (Lipinski definition) is 5. The van der Waals surface area contributed by atoms with Crippen LogP contribution in [0, 0.1) is 0 Å². The number of hydrogen-bond acceptors (Lipinski definition) is 5. The largest absolute Gasteiger partial charge is 0.494 e. The molecule has 0 saturated heterocycles. The maximum absolute atomic E-state index is 8.56. The van der Waals surface area contributed by atoms with Crippen LogP contribution >= 0.6 is 0 Å². The van der Waals surface area contributed by atoms with Crippen LogP contribution in [0.4, 0.5) is 0 Å². The Morgan fingerprint density at radius 2 is 2.00 bits per heavy atom. The van der Waals surface area contributed by atoms with Gasteiger partial charge in [-0.25, -0.2) is 0 Å². The van der Waals surface area contributed by atoms with Crippen molar-refractivity contribution in [3.05, 3.63) is 0 Å². The van der Waals surface area contributed by atoms with Gasteiger partial charge in [-0.3, -0.25) is 0 Å². The van der Waals surface area contributed by atoms with Crippen molar-refractivity contribution in [3.63, 3.8) is 0 Å².